The van der Waals surface area contributed by atoms with Crippen LogP contribution in [-0.2, 0) is 6.18 Å². The van der Waals surface area contributed by atoms with E-state index in [1.807, 2.05) is 77.4 Å². The molecule has 0 atom stereocenters. The van der Waals surface area contributed by atoms with Crippen molar-refractivity contribution in [1.29, 1.82) is 0 Å². The Morgan fingerprint density at radius 1 is 0.423 bits per heavy atom. The number of rotatable bonds is 6. The molecule has 0 spiro atoms. The molecule has 0 bridgehead atoms. The number of alkyl halides is 3. The van der Waals surface area contributed by atoms with Crippen LogP contribution in [0, 0.1) is 0 Å². The molecule has 0 fully saturated rings. The molecule has 0 saturated heterocycles. The number of fused-ring (bicyclic) bond motifs is 6. The number of hydrogen-bond donors (Lipinski definition) is 0. The molecule has 6 heteroatoms. The zero-order valence-corrected chi connectivity index (χ0v) is 27.8. The molecule has 8 aromatic carbocycles. The van der Waals surface area contributed by atoms with Crippen molar-refractivity contribution in [2.24, 2.45) is 0 Å². The molecule has 0 radical (unpaired) electrons. The molecule has 52 heavy (non-hydrogen) atoms. The quantitative estimate of drug-likeness (QED) is 0.163. The van der Waals surface area contributed by atoms with Crippen molar-refractivity contribution < 1.29 is 13.2 Å². The number of benzene rings is 8. The number of imidazole rings is 1. The number of hydrogen-bond acceptors (Lipinski definition) is 2. The summed E-state index contributed by atoms with van der Waals surface area (Å²) in [4.78, 5) is 7.46. The van der Waals surface area contributed by atoms with Gasteiger partial charge in [0, 0.05) is 39.1 Å². The lowest BCUT2D eigenvalue weighted by Crippen LogP contribution is -2.09. The first-order chi connectivity index (χ1) is 25.4. The first kappa shape index (κ1) is 31.3. The third kappa shape index (κ3) is 5.46. The number of anilines is 3. The highest BCUT2D eigenvalue weighted by Crippen LogP contribution is 2.41. The van der Waals surface area contributed by atoms with Gasteiger partial charge in [-0.25, -0.2) is 4.98 Å². The molecule has 0 aliphatic carbocycles. The van der Waals surface area contributed by atoms with E-state index in [1.54, 1.807) is 0 Å². The maximum atomic E-state index is 13.6. The lowest BCUT2D eigenvalue weighted by Gasteiger charge is -2.25. The molecule has 0 N–H and O–H groups in total. The van der Waals surface area contributed by atoms with E-state index >= 15 is 0 Å². The van der Waals surface area contributed by atoms with Crippen molar-refractivity contribution in [3.63, 3.8) is 0 Å². The largest absolute Gasteiger partial charge is 0.416 e. The fourth-order valence-corrected chi connectivity index (χ4v) is 7.17. The molecule has 0 aliphatic rings. The van der Waals surface area contributed by atoms with Crippen molar-refractivity contribution in [3.8, 4) is 28.2 Å². The second-order valence-corrected chi connectivity index (χ2v) is 12.7. The minimum Gasteiger partial charge on any atom is -0.311 e. The van der Waals surface area contributed by atoms with Gasteiger partial charge in [0.15, 0.2) is 0 Å². The maximum absolute atomic E-state index is 13.6. The molecular formula is C46H30F3N3. The average Bonchev–Trinajstić information content (AvgIpc) is 3.60. The molecule has 0 amide bonds. The van der Waals surface area contributed by atoms with Crippen LogP contribution < -0.4 is 4.90 Å². The monoisotopic (exact) mass is 681 g/mol. The van der Waals surface area contributed by atoms with Crippen LogP contribution in [0.2, 0.25) is 0 Å². The Hall–Kier alpha value is -6.66. The maximum Gasteiger partial charge on any atom is 0.416 e. The first-order valence-corrected chi connectivity index (χ1v) is 17.0. The summed E-state index contributed by atoms with van der Waals surface area (Å²) < 4.78 is 42.8. The Labute approximate surface area is 298 Å². The summed E-state index contributed by atoms with van der Waals surface area (Å²) in [5.41, 5.74) is 7.70. The number of aromatic nitrogens is 2. The third-order valence-electron chi connectivity index (χ3n) is 9.62. The highest BCUT2D eigenvalue weighted by molar-refractivity contribution is 6.24. The molecular weight excluding hydrogens is 652 g/mol. The fraction of sp³-hybridized carbons (Fsp3) is 0.0217. The summed E-state index contributed by atoms with van der Waals surface area (Å²) in [5.74, 6) is 0.652. The van der Waals surface area contributed by atoms with Crippen LogP contribution in [0.15, 0.2) is 182 Å². The Bertz CT molecular complexity index is 2640. The van der Waals surface area contributed by atoms with Crippen molar-refractivity contribution in [2.75, 3.05) is 4.90 Å². The summed E-state index contributed by atoms with van der Waals surface area (Å²) in [5, 5.41) is 4.10. The van der Waals surface area contributed by atoms with E-state index in [4.69, 9.17) is 4.98 Å². The van der Waals surface area contributed by atoms with Gasteiger partial charge in [0.05, 0.1) is 16.6 Å². The number of para-hydroxylation sites is 2. The molecule has 0 saturated carbocycles. The van der Waals surface area contributed by atoms with Crippen LogP contribution in [0.25, 0.3) is 60.8 Å². The molecule has 9 rings (SSSR count). The van der Waals surface area contributed by atoms with Crippen molar-refractivity contribution in [1.82, 2.24) is 9.55 Å². The topological polar surface area (TPSA) is 21.1 Å². The summed E-state index contributed by atoms with van der Waals surface area (Å²) in [7, 11) is 0. The second-order valence-electron chi connectivity index (χ2n) is 12.7. The molecule has 3 nitrogen and oxygen atoms in total. The predicted octanol–water partition coefficient (Wildman–Crippen LogP) is 13.2. The van der Waals surface area contributed by atoms with Crippen molar-refractivity contribution in [2.45, 2.75) is 6.18 Å². The van der Waals surface area contributed by atoms with E-state index in [0.717, 1.165) is 78.5 Å². The van der Waals surface area contributed by atoms with Crippen LogP contribution in [0.1, 0.15) is 5.56 Å². The Morgan fingerprint density at radius 3 is 1.42 bits per heavy atom. The minimum atomic E-state index is -4.43. The molecule has 0 aliphatic heterocycles. The van der Waals surface area contributed by atoms with Crippen LogP contribution in [0.4, 0.5) is 30.2 Å². The van der Waals surface area contributed by atoms with E-state index in [-0.39, 0.29) is 0 Å². The highest BCUT2D eigenvalue weighted by atomic mass is 19.4. The number of halogens is 3. The zero-order valence-electron chi connectivity index (χ0n) is 27.8. The van der Waals surface area contributed by atoms with E-state index in [9.17, 15) is 13.2 Å². The first-order valence-electron chi connectivity index (χ1n) is 17.0. The minimum absolute atomic E-state index is 0.604. The van der Waals surface area contributed by atoms with Crippen LogP contribution >= 0.6 is 0 Å². The van der Waals surface area contributed by atoms with Gasteiger partial charge in [-0.15, -0.1) is 0 Å². The summed E-state index contributed by atoms with van der Waals surface area (Å²) in [6, 6.07) is 58.9. The van der Waals surface area contributed by atoms with Gasteiger partial charge >= 0.3 is 6.18 Å². The zero-order chi connectivity index (χ0) is 35.2. The normalized spacial score (nSPS) is 11.8. The van der Waals surface area contributed by atoms with Crippen molar-refractivity contribution in [3.05, 3.63) is 188 Å². The van der Waals surface area contributed by atoms with E-state index in [1.165, 1.54) is 12.1 Å². The SMILES string of the molecule is FC(F)(F)c1ccc(-n2c(-c3ccc(-c4ccc(N(c5ccccc5)c5ccccc5)cc4)cc3)nc3c4ccccc4c4ccccc4c32)cc1. The number of nitrogens with zero attached hydrogens (tertiary/aromatic N) is 3. The highest BCUT2D eigenvalue weighted by Gasteiger charge is 2.30. The summed E-state index contributed by atoms with van der Waals surface area (Å²) >= 11 is 0. The molecule has 0 unspecified atom stereocenters. The molecule has 9 aromatic rings. The predicted molar refractivity (Wildman–Crippen MR) is 207 cm³/mol. The fourth-order valence-electron chi connectivity index (χ4n) is 7.17. The lowest BCUT2D eigenvalue weighted by atomic mass is 10.00. The third-order valence-corrected chi connectivity index (χ3v) is 9.62. The van der Waals surface area contributed by atoms with Crippen LogP contribution in [-0.4, -0.2) is 9.55 Å². The standard InChI is InChI=1S/C46H30F3N3/c47-46(48,49)34-25-29-38(30-26-34)52-44-42-18-10-8-16-40(42)39-15-7-9-17-41(39)43(44)50-45(52)33-21-19-31(20-22-33)32-23-27-37(28-24-32)51(35-11-3-1-4-12-35)36-13-5-2-6-14-36/h1-30H. The van der Waals surface area contributed by atoms with Crippen molar-refractivity contribution >= 4 is 49.6 Å². The van der Waals surface area contributed by atoms with E-state index in [2.05, 4.69) is 89.8 Å². The Balaban J connectivity index is 1.15. The van der Waals surface area contributed by atoms with Gasteiger partial charge in [0.25, 0.3) is 0 Å². The Morgan fingerprint density at radius 2 is 0.865 bits per heavy atom. The van der Waals surface area contributed by atoms with Crippen LogP contribution in [0.5, 0.6) is 0 Å². The van der Waals surface area contributed by atoms with E-state index in [0.29, 0.717) is 11.5 Å². The smallest absolute Gasteiger partial charge is 0.311 e. The van der Waals surface area contributed by atoms with Gasteiger partial charge in [-0.05, 0) is 82.6 Å². The molecule has 1 aromatic heterocycles. The molecule has 250 valence electrons. The van der Waals surface area contributed by atoms with E-state index < -0.39 is 11.7 Å². The lowest BCUT2D eigenvalue weighted by molar-refractivity contribution is -0.137. The van der Waals surface area contributed by atoms with Gasteiger partial charge in [-0.1, -0.05) is 121 Å². The molecule has 1 heterocycles. The van der Waals surface area contributed by atoms with Crippen LogP contribution in [0.3, 0.4) is 0 Å². The average molecular weight is 682 g/mol. The summed E-state index contributed by atoms with van der Waals surface area (Å²) in [6.45, 7) is 0. The van der Waals surface area contributed by atoms with Gasteiger partial charge in [0.1, 0.15) is 5.82 Å². The van der Waals surface area contributed by atoms with Gasteiger partial charge in [-0.2, -0.15) is 13.2 Å². The van der Waals surface area contributed by atoms with Gasteiger partial charge < -0.3 is 4.90 Å². The Kier molecular flexibility index (Phi) is 7.58. The van der Waals surface area contributed by atoms with Gasteiger partial charge in [0.2, 0.25) is 0 Å². The second kappa shape index (κ2) is 12.6. The van der Waals surface area contributed by atoms with Gasteiger partial charge in [-0.3, -0.25) is 4.57 Å². The summed E-state index contributed by atoms with van der Waals surface area (Å²) in [6.07, 6.45) is -4.43.